The second-order valence-corrected chi connectivity index (χ2v) is 6.36. The van der Waals surface area contributed by atoms with Gasteiger partial charge in [-0.1, -0.05) is 11.2 Å². The van der Waals surface area contributed by atoms with Crippen LogP contribution in [0.5, 0.6) is 11.5 Å². The summed E-state index contributed by atoms with van der Waals surface area (Å²) in [5.41, 5.74) is 1.93. The number of aryl methyl sites for hydroxylation is 1. The zero-order valence-electron chi connectivity index (χ0n) is 16.3. The van der Waals surface area contributed by atoms with Crippen LogP contribution in [-0.4, -0.2) is 28.7 Å². The molecule has 0 atom stereocenters. The average molecular weight is 398 g/mol. The first-order valence-electron chi connectivity index (χ1n) is 9.08. The Morgan fingerprint density at radius 3 is 2.55 bits per heavy atom. The molecule has 3 aromatic rings. The van der Waals surface area contributed by atoms with Crippen molar-refractivity contribution in [2.24, 2.45) is 0 Å². The van der Waals surface area contributed by atoms with Crippen LogP contribution < -0.4 is 14.8 Å². The number of nitrogens with zero attached hydrogens (tertiary/aromatic N) is 3. The Bertz CT molecular complexity index is 956. The fourth-order valence-electron chi connectivity index (χ4n) is 2.69. The number of nitro groups is 1. The van der Waals surface area contributed by atoms with Crippen molar-refractivity contribution in [3.63, 3.8) is 0 Å². The summed E-state index contributed by atoms with van der Waals surface area (Å²) in [4.78, 5) is 14.5. The third-order valence-electron chi connectivity index (χ3n) is 4.18. The van der Waals surface area contributed by atoms with E-state index in [1.807, 2.05) is 18.2 Å². The van der Waals surface area contributed by atoms with Crippen molar-refractivity contribution in [1.82, 2.24) is 15.5 Å². The zero-order chi connectivity index (χ0) is 20.6. The van der Waals surface area contributed by atoms with Crippen molar-refractivity contribution in [3.05, 3.63) is 75.4 Å². The van der Waals surface area contributed by atoms with Crippen LogP contribution in [0.2, 0.25) is 0 Å². The van der Waals surface area contributed by atoms with Crippen molar-refractivity contribution in [1.29, 1.82) is 0 Å². The highest BCUT2D eigenvalue weighted by Crippen LogP contribution is 2.29. The van der Waals surface area contributed by atoms with E-state index in [0.29, 0.717) is 42.7 Å². The Morgan fingerprint density at radius 2 is 1.90 bits per heavy atom. The van der Waals surface area contributed by atoms with Crippen LogP contribution >= 0.6 is 0 Å². The number of ether oxygens (including phenoxy) is 2. The Kier molecular flexibility index (Phi) is 6.75. The van der Waals surface area contributed by atoms with Gasteiger partial charge in [-0.25, -0.2) is 0 Å². The van der Waals surface area contributed by atoms with E-state index in [9.17, 15) is 10.1 Å². The van der Waals surface area contributed by atoms with E-state index in [1.165, 1.54) is 12.1 Å². The maximum atomic E-state index is 10.7. The molecule has 0 aliphatic rings. The molecule has 0 bridgehead atoms. The number of aromatic nitrogens is 2. The lowest BCUT2D eigenvalue weighted by molar-refractivity contribution is -0.384. The quantitative estimate of drug-likeness (QED) is 0.315. The van der Waals surface area contributed by atoms with E-state index >= 15 is 0 Å². The van der Waals surface area contributed by atoms with Crippen LogP contribution in [0.3, 0.4) is 0 Å². The minimum Gasteiger partial charge on any atom is -0.493 e. The predicted octanol–water partition coefficient (Wildman–Crippen LogP) is 3.21. The first kappa shape index (κ1) is 20.3. The van der Waals surface area contributed by atoms with Gasteiger partial charge < -0.3 is 19.3 Å². The second-order valence-electron chi connectivity index (χ2n) is 6.36. The highest BCUT2D eigenvalue weighted by molar-refractivity contribution is 5.43. The van der Waals surface area contributed by atoms with Gasteiger partial charge >= 0.3 is 0 Å². The summed E-state index contributed by atoms with van der Waals surface area (Å²) in [6.07, 6.45) is 0.661. The van der Waals surface area contributed by atoms with Crippen molar-refractivity contribution in [3.8, 4) is 11.5 Å². The van der Waals surface area contributed by atoms with Crippen LogP contribution in [-0.2, 0) is 19.6 Å². The Morgan fingerprint density at radius 1 is 1.14 bits per heavy atom. The molecule has 0 aliphatic carbocycles. The Balaban J connectivity index is 1.51. The number of nitrogens with one attached hydrogen (secondary N) is 1. The summed E-state index contributed by atoms with van der Waals surface area (Å²) in [7, 11) is 1.59. The summed E-state index contributed by atoms with van der Waals surface area (Å²) in [5.74, 6) is 2.48. The summed E-state index contributed by atoms with van der Waals surface area (Å²) in [5, 5.41) is 17.8. The van der Waals surface area contributed by atoms with Gasteiger partial charge in [0.2, 0.25) is 5.89 Å². The lowest BCUT2D eigenvalue weighted by atomic mass is 10.2. The molecule has 0 spiro atoms. The van der Waals surface area contributed by atoms with Gasteiger partial charge in [0.15, 0.2) is 17.3 Å². The number of benzene rings is 2. The van der Waals surface area contributed by atoms with Gasteiger partial charge in [-0.05, 0) is 42.3 Å². The molecule has 0 fully saturated rings. The van der Waals surface area contributed by atoms with Gasteiger partial charge in [0.05, 0.1) is 12.0 Å². The highest BCUT2D eigenvalue weighted by Gasteiger charge is 2.08. The first-order chi connectivity index (χ1) is 14.0. The van der Waals surface area contributed by atoms with Crippen molar-refractivity contribution in [2.75, 3.05) is 13.7 Å². The van der Waals surface area contributed by atoms with E-state index in [2.05, 4.69) is 15.5 Å². The molecule has 0 aliphatic heterocycles. The van der Waals surface area contributed by atoms with E-state index < -0.39 is 4.92 Å². The molecule has 0 amide bonds. The number of methoxy groups -OCH3 is 1. The van der Waals surface area contributed by atoms with E-state index in [0.717, 1.165) is 11.1 Å². The van der Waals surface area contributed by atoms with Crippen molar-refractivity contribution < 1.29 is 18.9 Å². The monoisotopic (exact) mass is 398 g/mol. The summed E-state index contributed by atoms with van der Waals surface area (Å²) in [6, 6.07) is 12.0. The molecule has 1 aromatic heterocycles. The van der Waals surface area contributed by atoms with E-state index in [1.54, 1.807) is 26.2 Å². The molecule has 1 heterocycles. The molecule has 3 rings (SSSR count). The maximum absolute atomic E-state index is 10.7. The van der Waals surface area contributed by atoms with Crippen LogP contribution in [0.15, 0.2) is 47.0 Å². The van der Waals surface area contributed by atoms with Gasteiger partial charge in [0, 0.05) is 31.6 Å². The molecule has 0 saturated heterocycles. The van der Waals surface area contributed by atoms with Gasteiger partial charge in [0.1, 0.15) is 6.61 Å². The molecule has 1 N–H and O–H groups in total. The SMILES string of the molecule is COc1cc(CNCCc2nc(C)no2)ccc1OCc1ccc([N+](=O)[O-])cc1. The molecular formula is C20H22N4O5. The Labute approximate surface area is 167 Å². The zero-order valence-corrected chi connectivity index (χ0v) is 16.3. The molecule has 29 heavy (non-hydrogen) atoms. The van der Waals surface area contributed by atoms with Crippen LogP contribution in [0.4, 0.5) is 5.69 Å². The van der Waals surface area contributed by atoms with Gasteiger partial charge in [-0.3, -0.25) is 10.1 Å². The summed E-state index contributed by atoms with van der Waals surface area (Å²) in [6.45, 7) is 3.45. The van der Waals surface area contributed by atoms with Crippen molar-refractivity contribution in [2.45, 2.75) is 26.5 Å². The molecular weight excluding hydrogens is 376 g/mol. The topological polar surface area (TPSA) is 113 Å². The normalized spacial score (nSPS) is 10.7. The molecule has 0 saturated carbocycles. The lowest BCUT2D eigenvalue weighted by Gasteiger charge is -2.12. The molecule has 2 aromatic carbocycles. The van der Waals surface area contributed by atoms with Gasteiger partial charge in [-0.2, -0.15) is 4.98 Å². The third kappa shape index (κ3) is 5.76. The largest absolute Gasteiger partial charge is 0.493 e. The number of hydrogen-bond acceptors (Lipinski definition) is 8. The Hall–Kier alpha value is -3.46. The van der Waals surface area contributed by atoms with E-state index in [4.69, 9.17) is 14.0 Å². The number of rotatable bonds is 10. The van der Waals surface area contributed by atoms with Crippen LogP contribution in [0.25, 0.3) is 0 Å². The standard InChI is InChI=1S/C20H22N4O5/c1-14-22-20(29-23-14)9-10-21-12-16-5-8-18(19(11-16)27-2)28-13-15-3-6-17(7-4-15)24(25)26/h3-8,11,21H,9-10,12-13H2,1-2H3. The lowest BCUT2D eigenvalue weighted by Crippen LogP contribution is -2.16. The maximum Gasteiger partial charge on any atom is 0.269 e. The summed E-state index contributed by atoms with van der Waals surface area (Å²) >= 11 is 0. The predicted molar refractivity (Wildman–Crippen MR) is 105 cm³/mol. The highest BCUT2D eigenvalue weighted by atomic mass is 16.6. The van der Waals surface area contributed by atoms with Crippen LogP contribution in [0, 0.1) is 17.0 Å². The second kappa shape index (κ2) is 9.65. The molecule has 9 nitrogen and oxygen atoms in total. The minimum absolute atomic E-state index is 0.0532. The molecule has 0 unspecified atom stereocenters. The third-order valence-corrected chi connectivity index (χ3v) is 4.18. The number of hydrogen-bond donors (Lipinski definition) is 1. The number of nitro benzene ring substituents is 1. The van der Waals surface area contributed by atoms with Gasteiger partial charge in [-0.15, -0.1) is 0 Å². The van der Waals surface area contributed by atoms with Crippen LogP contribution in [0.1, 0.15) is 22.8 Å². The smallest absolute Gasteiger partial charge is 0.269 e. The van der Waals surface area contributed by atoms with Gasteiger partial charge in [0.25, 0.3) is 5.69 Å². The molecule has 152 valence electrons. The molecule has 9 heteroatoms. The first-order valence-corrected chi connectivity index (χ1v) is 9.08. The molecule has 0 radical (unpaired) electrons. The van der Waals surface area contributed by atoms with Crippen molar-refractivity contribution >= 4 is 5.69 Å². The minimum atomic E-state index is -0.427. The fraction of sp³-hybridized carbons (Fsp3) is 0.300. The summed E-state index contributed by atoms with van der Waals surface area (Å²) < 4.78 is 16.3. The average Bonchev–Trinajstić information content (AvgIpc) is 3.15. The van der Waals surface area contributed by atoms with E-state index in [-0.39, 0.29) is 12.3 Å². The fourth-order valence-corrected chi connectivity index (χ4v) is 2.69. The number of non-ortho nitro benzene ring substituents is 1.